The standard InChI is InChI=1S/C21H20ClFN4O2/c1-2-27-19(25-21(26-27)12-7-8-15(22)16(23)9-12)11-20(29)24-17-10-18(28)14-6-4-3-5-13(14)17/h3-9,17-18,28H,2,10-11H2,1H3,(H,24,29)/t17-,18+/m1/s1. The molecule has 1 heterocycles. The van der Waals surface area contributed by atoms with E-state index in [1.807, 2.05) is 31.2 Å². The summed E-state index contributed by atoms with van der Waals surface area (Å²) in [6, 6.07) is 11.7. The third-order valence-corrected chi connectivity index (χ3v) is 5.38. The van der Waals surface area contributed by atoms with Crippen LogP contribution >= 0.6 is 11.6 Å². The summed E-state index contributed by atoms with van der Waals surface area (Å²) in [5, 5.41) is 17.6. The second-order valence-corrected chi connectivity index (χ2v) is 7.38. The quantitative estimate of drug-likeness (QED) is 0.668. The number of aliphatic hydroxyl groups is 1. The van der Waals surface area contributed by atoms with Crippen LogP contribution in [0.4, 0.5) is 4.39 Å². The summed E-state index contributed by atoms with van der Waals surface area (Å²) in [6.45, 7) is 2.42. The minimum atomic E-state index is -0.581. The average Bonchev–Trinajstić information content (AvgIpc) is 3.25. The van der Waals surface area contributed by atoms with E-state index in [2.05, 4.69) is 15.4 Å². The molecule has 150 valence electrons. The topological polar surface area (TPSA) is 80.0 Å². The van der Waals surface area contributed by atoms with Crippen molar-refractivity contribution in [1.82, 2.24) is 20.1 Å². The van der Waals surface area contributed by atoms with Crippen molar-refractivity contribution in [2.75, 3.05) is 0 Å². The summed E-state index contributed by atoms with van der Waals surface area (Å²) in [4.78, 5) is 17.1. The second-order valence-electron chi connectivity index (χ2n) is 6.97. The fourth-order valence-corrected chi connectivity index (χ4v) is 3.77. The zero-order valence-electron chi connectivity index (χ0n) is 15.8. The van der Waals surface area contributed by atoms with Crippen molar-refractivity contribution in [2.45, 2.75) is 38.5 Å². The van der Waals surface area contributed by atoms with Gasteiger partial charge >= 0.3 is 0 Å². The molecule has 0 bridgehead atoms. The van der Waals surface area contributed by atoms with Crippen LogP contribution in [0.1, 0.15) is 42.4 Å². The van der Waals surface area contributed by atoms with Crippen LogP contribution in [0.3, 0.4) is 0 Å². The number of carbonyl (C=O) groups is 1. The van der Waals surface area contributed by atoms with Crippen LogP contribution in [0.2, 0.25) is 5.02 Å². The molecule has 1 aliphatic rings. The van der Waals surface area contributed by atoms with Crippen LogP contribution < -0.4 is 5.32 Å². The highest BCUT2D eigenvalue weighted by Gasteiger charge is 2.30. The van der Waals surface area contributed by atoms with Crippen molar-refractivity contribution in [1.29, 1.82) is 0 Å². The molecule has 0 unspecified atom stereocenters. The number of amides is 1. The van der Waals surface area contributed by atoms with Crippen LogP contribution in [0.25, 0.3) is 11.4 Å². The number of carbonyl (C=O) groups excluding carboxylic acids is 1. The van der Waals surface area contributed by atoms with E-state index in [-0.39, 0.29) is 23.4 Å². The minimum Gasteiger partial charge on any atom is -0.388 e. The van der Waals surface area contributed by atoms with Gasteiger partial charge in [0.25, 0.3) is 0 Å². The SMILES string of the molecule is CCn1nc(-c2ccc(Cl)c(F)c2)nc1CC(=O)N[C@@H]1C[C@H](O)c2ccccc21. The van der Waals surface area contributed by atoms with Gasteiger partial charge in [-0.1, -0.05) is 35.9 Å². The Morgan fingerprint density at radius 3 is 2.79 bits per heavy atom. The van der Waals surface area contributed by atoms with Gasteiger partial charge in [-0.15, -0.1) is 0 Å². The molecule has 4 rings (SSSR count). The number of hydrogen-bond acceptors (Lipinski definition) is 4. The van der Waals surface area contributed by atoms with Gasteiger partial charge in [0, 0.05) is 18.5 Å². The molecule has 0 radical (unpaired) electrons. The van der Waals surface area contributed by atoms with Gasteiger partial charge < -0.3 is 10.4 Å². The molecule has 0 saturated carbocycles. The van der Waals surface area contributed by atoms with E-state index in [0.29, 0.717) is 30.2 Å². The molecule has 1 aromatic heterocycles. The largest absolute Gasteiger partial charge is 0.388 e. The molecule has 0 spiro atoms. The van der Waals surface area contributed by atoms with E-state index in [1.165, 1.54) is 12.1 Å². The monoisotopic (exact) mass is 414 g/mol. The lowest BCUT2D eigenvalue weighted by molar-refractivity contribution is -0.121. The van der Waals surface area contributed by atoms with E-state index >= 15 is 0 Å². The first-order valence-electron chi connectivity index (χ1n) is 9.41. The van der Waals surface area contributed by atoms with Crippen LogP contribution in [-0.4, -0.2) is 25.8 Å². The lowest BCUT2D eigenvalue weighted by Gasteiger charge is -2.13. The predicted molar refractivity (Wildman–Crippen MR) is 107 cm³/mol. The van der Waals surface area contributed by atoms with E-state index in [4.69, 9.17) is 11.6 Å². The first-order valence-corrected chi connectivity index (χ1v) is 9.79. The Bertz CT molecular complexity index is 1070. The van der Waals surface area contributed by atoms with Crippen LogP contribution in [0.5, 0.6) is 0 Å². The van der Waals surface area contributed by atoms with Crippen LogP contribution in [-0.2, 0) is 17.8 Å². The van der Waals surface area contributed by atoms with Gasteiger partial charge in [0.2, 0.25) is 5.91 Å². The fraction of sp³-hybridized carbons (Fsp3) is 0.286. The lowest BCUT2D eigenvalue weighted by Crippen LogP contribution is -2.29. The third kappa shape index (κ3) is 3.88. The summed E-state index contributed by atoms with van der Waals surface area (Å²) in [5.41, 5.74) is 2.28. The zero-order valence-corrected chi connectivity index (χ0v) is 16.5. The molecule has 2 aromatic carbocycles. The number of benzene rings is 2. The Morgan fingerprint density at radius 2 is 2.07 bits per heavy atom. The minimum absolute atomic E-state index is 0.0299. The Kier molecular flexibility index (Phi) is 5.34. The van der Waals surface area contributed by atoms with Crippen LogP contribution in [0, 0.1) is 5.82 Å². The summed E-state index contributed by atoms with van der Waals surface area (Å²) in [7, 11) is 0. The summed E-state index contributed by atoms with van der Waals surface area (Å²) in [6.07, 6.45) is -0.103. The predicted octanol–water partition coefficient (Wildman–Crippen LogP) is 3.59. The molecule has 29 heavy (non-hydrogen) atoms. The van der Waals surface area contributed by atoms with E-state index < -0.39 is 11.9 Å². The zero-order chi connectivity index (χ0) is 20.5. The molecule has 2 atom stereocenters. The van der Waals surface area contributed by atoms with E-state index in [1.54, 1.807) is 10.7 Å². The van der Waals surface area contributed by atoms with Gasteiger partial charge in [-0.05, 0) is 36.2 Å². The van der Waals surface area contributed by atoms with Gasteiger partial charge in [-0.2, -0.15) is 5.10 Å². The number of hydrogen-bond donors (Lipinski definition) is 2. The number of fused-ring (bicyclic) bond motifs is 1. The summed E-state index contributed by atoms with van der Waals surface area (Å²) in [5.74, 6) is 0.0682. The number of nitrogens with one attached hydrogen (secondary N) is 1. The van der Waals surface area contributed by atoms with Gasteiger partial charge in [0.05, 0.1) is 23.6 Å². The number of aromatic nitrogens is 3. The Labute approximate surface area is 172 Å². The first kappa shape index (κ1) is 19.5. The van der Waals surface area contributed by atoms with Gasteiger partial charge in [-0.3, -0.25) is 4.79 Å². The molecule has 1 amide bonds. The molecule has 3 aromatic rings. The number of nitrogens with zero attached hydrogens (tertiary/aromatic N) is 3. The number of aliphatic hydroxyl groups excluding tert-OH is 1. The molecule has 2 N–H and O–H groups in total. The normalized spacial score (nSPS) is 17.9. The molecule has 8 heteroatoms. The summed E-state index contributed by atoms with van der Waals surface area (Å²) < 4.78 is 15.4. The highest BCUT2D eigenvalue weighted by molar-refractivity contribution is 6.30. The van der Waals surface area contributed by atoms with Crippen molar-refractivity contribution < 1.29 is 14.3 Å². The van der Waals surface area contributed by atoms with Gasteiger partial charge in [0.1, 0.15) is 11.6 Å². The number of halogens is 2. The molecular weight excluding hydrogens is 395 g/mol. The molecule has 6 nitrogen and oxygen atoms in total. The second kappa shape index (κ2) is 7.93. The molecule has 1 aliphatic carbocycles. The maximum atomic E-state index is 13.8. The molecular formula is C21H20ClFN4O2. The number of aryl methyl sites for hydroxylation is 1. The van der Waals surface area contributed by atoms with Crippen molar-refractivity contribution in [3.63, 3.8) is 0 Å². The molecule has 0 fully saturated rings. The third-order valence-electron chi connectivity index (χ3n) is 5.07. The van der Waals surface area contributed by atoms with Crippen molar-refractivity contribution in [3.8, 4) is 11.4 Å². The summed E-state index contributed by atoms with van der Waals surface area (Å²) >= 11 is 5.74. The smallest absolute Gasteiger partial charge is 0.228 e. The molecule has 0 aliphatic heterocycles. The Hall–Kier alpha value is -2.77. The Morgan fingerprint density at radius 1 is 1.31 bits per heavy atom. The first-order chi connectivity index (χ1) is 14.0. The average molecular weight is 415 g/mol. The van der Waals surface area contributed by atoms with E-state index in [0.717, 1.165) is 11.1 Å². The Balaban J connectivity index is 1.51. The van der Waals surface area contributed by atoms with Gasteiger partial charge in [-0.25, -0.2) is 14.1 Å². The van der Waals surface area contributed by atoms with E-state index in [9.17, 15) is 14.3 Å². The number of rotatable bonds is 5. The van der Waals surface area contributed by atoms with Gasteiger partial charge in [0.15, 0.2) is 5.82 Å². The van der Waals surface area contributed by atoms with Crippen molar-refractivity contribution >= 4 is 17.5 Å². The fourth-order valence-electron chi connectivity index (χ4n) is 3.65. The van der Waals surface area contributed by atoms with Crippen molar-refractivity contribution in [2.24, 2.45) is 0 Å². The maximum absolute atomic E-state index is 13.8. The highest BCUT2D eigenvalue weighted by Crippen LogP contribution is 2.38. The van der Waals surface area contributed by atoms with Crippen LogP contribution in [0.15, 0.2) is 42.5 Å². The van der Waals surface area contributed by atoms with Crippen molar-refractivity contribution in [3.05, 3.63) is 70.3 Å². The molecule has 0 saturated heterocycles. The lowest BCUT2D eigenvalue weighted by atomic mass is 10.1. The highest BCUT2D eigenvalue weighted by atomic mass is 35.5. The maximum Gasteiger partial charge on any atom is 0.228 e.